The third kappa shape index (κ3) is 8.05. The molecule has 3 heterocycles. The van der Waals surface area contributed by atoms with Gasteiger partial charge in [-0.25, -0.2) is 14.8 Å². The highest BCUT2D eigenvalue weighted by molar-refractivity contribution is 7.93. The van der Waals surface area contributed by atoms with E-state index in [1.165, 1.54) is 12.8 Å². The second kappa shape index (κ2) is 14.7. The topological polar surface area (TPSA) is 107 Å². The fraction of sp³-hybridized carbons (Fsp3) is 0.364. The predicted octanol–water partition coefficient (Wildman–Crippen LogP) is 4.87. The van der Waals surface area contributed by atoms with Crippen molar-refractivity contribution in [1.29, 1.82) is 0 Å². The Labute approximate surface area is 212 Å². The van der Waals surface area contributed by atoms with Crippen LogP contribution in [0, 0.1) is 0 Å². The number of fused-ring (bicyclic) bond motifs is 1. The number of nitrogens with zero attached hydrogens (tertiary/aromatic N) is 4. The number of imidazole rings is 1. The summed E-state index contributed by atoms with van der Waals surface area (Å²) in [4.78, 5) is 30.0. The predicted molar refractivity (Wildman–Crippen MR) is 135 cm³/mol. The maximum atomic E-state index is 9.62. The zero-order valence-corrected chi connectivity index (χ0v) is 21.1. The molecule has 12 heteroatoms. The van der Waals surface area contributed by atoms with Gasteiger partial charge in [0.2, 0.25) is 0 Å². The molecule has 1 N–H and O–H groups in total. The van der Waals surface area contributed by atoms with Crippen molar-refractivity contribution in [2.24, 2.45) is 0 Å². The molecule has 2 aromatic heterocycles. The quantitative estimate of drug-likeness (QED) is 0.339. The zero-order chi connectivity index (χ0) is 24.9. The maximum Gasteiger partial charge on any atom is 0.331 e. The normalized spacial score (nSPS) is 12.4. The molecule has 0 aliphatic carbocycles. The van der Waals surface area contributed by atoms with Crippen molar-refractivity contribution in [3.63, 3.8) is 0 Å². The number of aliphatic carboxylic acids is 1. The lowest BCUT2D eigenvalue weighted by molar-refractivity contribution is -0.139. The Morgan fingerprint density at radius 2 is 2.03 bits per heavy atom. The van der Waals surface area contributed by atoms with Crippen LogP contribution < -0.4 is 4.90 Å². The molecule has 34 heavy (non-hydrogen) atoms. The summed E-state index contributed by atoms with van der Waals surface area (Å²) in [5.74, 6) is 0.00668. The van der Waals surface area contributed by atoms with Gasteiger partial charge in [0.05, 0.1) is 34.2 Å². The molecule has 0 bridgehead atoms. The van der Waals surface area contributed by atoms with Gasteiger partial charge in [0, 0.05) is 43.2 Å². The van der Waals surface area contributed by atoms with E-state index in [1.807, 2.05) is 22.9 Å². The Morgan fingerprint density at radius 3 is 2.53 bits per heavy atom. The largest absolute Gasteiger partial charge is 0.479 e. The molecule has 1 aromatic carbocycles. The number of pyridine rings is 1. The monoisotopic (exact) mass is 528 g/mol. The number of carboxylic acids is 1. The van der Waals surface area contributed by atoms with Gasteiger partial charge in [-0.1, -0.05) is 23.2 Å². The molecular formula is C22H26Cl2N4O5S. The first kappa shape index (κ1) is 27.7. The highest BCUT2D eigenvalue weighted by Gasteiger charge is 2.18. The summed E-state index contributed by atoms with van der Waals surface area (Å²) >= 11 is 13.6. The van der Waals surface area contributed by atoms with Gasteiger partial charge < -0.3 is 23.5 Å². The van der Waals surface area contributed by atoms with Gasteiger partial charge in [-0.3, -0.25) is 4.79 Å². The number of carbonyl (C=O) groups is 2. The molecule has 1 fully saturated rings. The number of carboxylic acid groups (broad SMARTS) is 1. The molecule has 1 saturated heterocycles. The van der Waals surface area contributed by atoms with Crippen LogP contribution in [0.25, 0.3) is 16.6 Å². The first-order valence-corrected chi connectivity index (χ1v) is 12.3. The molecule has 0 amide bonds. The highest BCUT2D eigenvalue weighted by Crippen LogP contribution is 2.35. The van der Waals surface area contributed by atoms with Crippen molar-refractivity contribution in [3.8, 4) is 5.69 Å². The van der Waals surface area contributed by atoms with Crippen molar-refractivity contribution < 1.29 is 23.6 Å². The zero-order valence-electron chi connectivity index (χ0n) is 18.8. The number of aromatic nitrogens is 3. The number of ether oxygens (including phenoxy) is 1. The van der Waals surface area contributed by atoms with E-state index in [4.69, 9.17) is 33.3 Å². The number of anilines is 1. The number of benzene rings is 1. The molecule has 1 aliphatic heterocycles. The number of hydrogen-bond acceptors (Lipinski definition) is 8. The summed E-state index contributed by atoms with van der Waals surface area (Å²) in [6.45, 7) is 4.50. The fourth-order valence-corrected chi connectivity index (χ4v) is 3.68. The van der Waals surface area contributed by atoms with Crippen molar-refractivity contribution in [1.82, 2.24) is 14.5 Å². The summed E-state index contributed by atoms with van der Waals surface area (Å²) in [5, 5.41) is 9.90. The summed E-state index contributed by atoms with van der Waals surface area (Å²) in [6.07, 6.45) is 9.53. The standard InChI is InChI=1S/C16H14Cl2N4.C3H6O3S.C3H6O2/c17-12-4-3-11-13(22-8-5-19-10-22)9-14(20-16(11)15(12)18)21-6-1-2-7-21;1-7-6-2-3(4)5;1-2-5-3-4/h3-5,8-10H,1-2,6-7H2;2H2,1H3,(H,4,5);3H,2H2,1H3. The lowest BCUT2D eigenvalue weighted by atomic mass is 10.1. The van der Waals surface area contributed by atoms with Gasteiger partial charge in [0.15, 0.2) is 6.61 Å². The summed E-state index contributed by atoms with van der Waals surface area (Å²) in [5.41, 5.74) is 1.75. The lowest BCUT2D eigenvalue weighted by Gasteiger charge is -2.19. The van der Waals surface area contributed by atoms with E-state index in [2.05, 4.69) is 24.9 Å². The second-order valence-electron chi connectivity index (χ2n) is 6.80. The van der Waals surface area contributed by atoms with E-state index in [-0.39, 0.29) is 6.61 Å². The van der Waals surface area contributed by atoms with E-state index in [0.717, 1.165) is 47.5 Å². The summed E-state index contributed by atoms with van der Waals surface area (Å²) in [6, 6.07) is 5.86. The molecule has 0 spiro atoms. The van der Waals surface area contributed by atoms with Crippen molar-refractivity contribution in [2.75, 3.05) is 37.5 Å². The summed E-state index contributed by atoms with van der Waals surface area (Å²) < 4.78 is 10.5. The van der Waals surface area contributed by atoms with Gasteiger partial charge in [0.25, 0.3) is 6.47 Å². The molecular weight excluding hydrogens is 503 g/mol. The summed E-state index contributed by atoms with van der Waals surface area (Å²) in [7, 11) is 0. The molecule has 1 aliphatic rings. The van der Waals surface area contributed by atoms with E-state index in [9.17, 15) is 9.59 Å². The third-order valence-corrected chi connectivity index (χ3v) is 5.73. The van der Waals surface area contributed by atoms with Crippen LogP contribution in [0.1, 0.15) is 19.8 Å². The van der Waals surface area contributed by atoms with Crippen molar-refractivity contribution in [3.05, 3.63) is 47.0 Å². The Bertz CT molecular complexity index is 1060. The van der Waals surface area contributed by atoms with Crippen LogP contribution in [0.4, 0.5) is 5.82 Å². The van der Waals surface area contributed by atoms with Crippen LogP contribution >= 0.6 is 35.2 Å². The van der Waals surface area contributed by atoms with Crippen molar-refractivity contribution >= 4 is 64.4 Å². The Hall–Kier alpha value is -2.53. The van der Waals surface area contributed by atoms with Crippen LogP contribution in [0.15, 0.2) is 36.9 Å². The smallest absolute Gasteiger partial charge is 0.331 e. The van der Waals surface area contributed by atoms with Gasteiger partial charge in [-0.2, -0.15) is 0 Å². The van der Waals surface area contributed by atoms with Crippen LogP contribution in [0.3, 0.4) is 0 Å². The number of rotatable bonds is 7. The molecule has 4 rings (SSSR count). The first-order chi connectivity index (χ1) is 16.4. The average molecular weight is 529 g/mol. The van der Waals surface area contributed by atoms with Crippen LogP contribution in [0.2, 0.25) is 10.0 Å². The Morgan fingerprint density at radius 1 is 1.29 bits per heavy atom. The minimum absolute atomic E-state index is 0.221. The second-order valence-corrected chi connectivity index (χ2v) is 8.15. The molecule has 3 aromatic rings. The Kier molecular flexibility index (Phi) is 12.0. The minimum atomic E-state index is -0.936. The maximum absolute atomic E-state index is 9.62. The third-order valence-electron chi connectivity index (χ3n) is 4.58. The van der Waals surface area contributed by atoms with Gasteiger partial charge in [0.1, 0.15) is 5.82 Å². The van der Waals surface area contributed by atoms with Gasteiger partial charge in [-0.05, 0) is 43.9 Å². The van der Waals surface area contributed by atoms with E-state index < -0.39 is 5.97 Å². The number of halogens is 2. The highest BCUT2D eigenvalue weighted by atomic mass is 35.5. The molecule has 0 radical (unpaired) electrons. The van der Waals surface area contributed by atoms with Crippen molar-refractivity contribution in [2.45, 2.75) is 19.8 Å². The van der Waals surface area contributed by atoms with Crippen LogP contribution in [-0.2, 0) is 18.5 Å². The van der Waals surface area contributed by atoms with E-state index in [0.29, 0.717) is 23.1 Å². The molecule has 9 nitrogen and oxygen atoms in total. The van der Waals surface area contributed by atoms with Gasteiger partial charge in [-0.15, -0.1) is 0 Å². The van der Waals surface area contributed by atoms with Crippen LogP contribution in [-0.4, -0.2) is 64.6 Å². The number of carbonyl (C=O) groups excluding carboxylic acids is 1. The molecule has 0 atom stereocenters. The SMILES string of the molecule is CCOC=O.CSOCC(=O)O.Clc1ccc2c(-n3ccnc3)cc(N3CCCC3)nc2c1Cl. The first-order valence-electron chi connectivity index (χ1n) is 10.4. The number of hydrogen-bond donors (Lipinski definition) is 1. The van der Waals surface area contributed by atoms with E-state index >= 15 is 0 Å². The molecule has 0 saturated carbocycles. The lowest BCUT2D eigenvalue weighted by Crippen LogP contribution is -2.19. The molecule has 0 unspecified atom stereocenters. The fourth-order valence-electron chi connectivity index (χ4n) is 3.10. The van der Waals surface area contributed by atoms with E-state index in [1.54, 1.807) is 25.7 Å². The van der Waals surface area contributed by atoms with Crippen LogP contribution in [0.5, 0.6) is 0 Å². The average Bonchev–Trinajstić information content (AvgIpc) is 3.56. The van der Waals surface area contributed by atoms with Gasteiger partial charge >= 0.3 is 5.97 Å². The Balaban J connectivity index is 0.000000285. The minimum Gasteiger partial charge on any atom is -0.479 e. The molecule has 184 valence electrons.